The highest BCUT2D eigenvalue weighted by Gasteiger charge is 2.53. The number of aliphatic hydroxyl groups is 11. The number of carbonyl (C=O) groups is 1. The summed E-state index contributed by atoms with van der Waals surface area (Å²) in [6, 6.07) is -0.894. The molecule has 3 aliphatic rings. The number of ether oxygens (including phenoxy) is 6. The van der Waals surface area contributed by atoms with Gasteiger partial charge in [-0.25, -0.2) is 0 Å². The number of hydrogen-bond donors (Lipinski definition) is 12. The van der Waals surface area contributed by atoms with Crippen LogP contribution in [0.4, 0.5) is 0 Å². The summed E-state index contributed by atoms with van der Waals surface area (Å²) in [5.41, 5.74) is 0. The second-order valence-electron chi connectivity index (χ2n) is 26.4. The summed E-state index contributed by atoms with van der Waals surface area (Å²) in [6.07, 6.45) is 34.1. The molecule has 0 aliphatic carbocycles. The molecule has 0 saturated carbocycles. The molecule has 3 aliphatic heterocycles. The molecule has 0 aromatic carbocycles. The van der Waals surface area contributed by atoms with Crippen LogP contribution in [0.1, 0.15) is 290 Å². The van der Waals surface area contributed by atoms with Crippen LogP contribution in [-0.4, -0.2) is 193 Å². The van der Waals surface area contributed by atoms with Crippen LogP contribution in [0.2, 0.25) is 0 Å². The SMILES string of the molecule is CCCCCC/C=C\C/C=C\CCCCCCCC(=O)NC(COC1OC(CO)C(OC2OC(CO)C(OC3OC(CO)C(O)C(O)C3O)C(O)C2O)C(O)C1O)C(O)CCCCCCCCCCCCCCCCCCCCCCCCCCCCCCC. The van der Waals surface area contributed by atoms with Crippen LogP contribution < -0.4 is 5.32 Å². The Bertz CT molecular complexity index is 1730. The first-order valence-corrected chi connectivity index (χ1v) is 36.6. The zero-order valence-corrected chi connectivity index (χ0v) is 56.1. The Balaban J connectivity index is 1.39. The fraction of sp³-hybridized carbons (Fsp3) is 0.930. The third kappa shape index (κ3) is 34.8. The Morgan fingerprint density at radius 2 is 0.733 bits per heavy atom. The number of amides is 1. The summed E-state index contributed by atoms with van der Waals surface area (Å²) < 4.78 is 34.4. The molecular formula is C71H133NO18. The van der Waals surface area contributed by atoms with E-state index in [4.69, 9.17) is 28.4 Å². The smallest absolute Gasteiger partial charge is 0.220 e. The maximum Gasteiger partial charge on any atom is 0.220 e. The minimum atomic E-state index is -1.97. The van der Waals surface area contributed by atoms with Crippen molar-refractivity contribution in [2.24, 2.45) is 0 Å². The van der Waals surface area contributed by atoms with Gasteiger partial charge in [-0.1, -0.05) is 263 Å². The van der Waals surface area contributed by atoms with E-state index in [0.29, 0.717) is 12.8 Å². The molecule has 12 N–H and O–H groups in total. The molecule has 1 amide bonds. The summed E-state index contributed by atoms with van der Waals surface area (Å²) in [5, 5.41) is 121. The standard InChI is InChI=1S/C71H133NO18/c1-3-5-7-9-11-13-15-17-19-21-22-23-24-25-26-27-28-29-30-31-32-33-34-36-38-40-42-44-46-48-55(76)54(72-59(77)49-47-45-43-41-39-37-35-20-18-16-14-12-10-8-6-4-2)53-85-69-65(83)62(80)67(57(51-74)87-69)90-71-66(84)63(81)68(58(52-75)88-71)89-70-64(82)61(79)60(78)56(50-73)86-70/h14,16,20,35,54-58,60-71,73-76,78-84H,3-13,15,17-19,21-34,36-53H2,1-2H3,(H,72,77)/b16-14-,35-20-. The number of allylic oxidation sites excluding steroid dienone is 4. The van der Waals surface area contributed by atoms with E-state index in [-0.39, 0.29) is 18.9 Å². The zero-order chi connectivity index (χ0) is 65.4. The quantitative estimate of drug-likeness (QED) is 0.0199. The van der Waals surface area contributed by atoms with Gasteiger partial charge in [0, 0.05) is 6.42 Å². The van der Waals surface area contributed by atoms with E-state index in [1.807, 2.05) is 0 Å². The topological polar surface area (TPSA) is 307 Å². The second-order valence-corrected chi connectivity index (χ2v) is 26.4. The van der Waals surface area contributed by atoms with Gasteiger partial charge in [-0.15, -0.1) is 0 Å². The minimum absolute atomic E-state index is 0.252. The monoisotopic (exact) mass is 1290 g/mol. The van der Waals surface area contributed by atoms with Crippen molar-refractivity contribution >= 4 is 5.91 Å². The van der Waals surface area contributed by atoms with Gasteiger partial charge in [-0.2, -0.15) is 0 Å². The summed E-state index contributed by atoms with van der Waals surface area (Å²) in [5.74, 6) is -0.253. The van der Waals surface area contributed by atoms with Gasteiger partial charge in [0.2, 0.25) is 5.91 Å². The number of hydrogen-bond acceptors (Lipinski definition) is 18. The van der Waals surface area contributed by atoms with Crippen LogP contribution in [0.25, 0.3) is 0 Å². The van der Waals surface area contributed by atoms with Crippen molar-refractivity contribution in [3.63, 3.8) is 0 Å². The molecule has 0 bridgehead atoms. The number of carbonyl (C=O) groups excluding carboxylic acids is 1. The van der Waals surface area contributed by atoms with Crippen molar-refractivity contribution in [2.75, 3.05) is 26.4 Å². The predicted octanol–water partition coefficient (Wildman–Crippen LogP) is 10.2. The molecule has 90 heavy (non-hydrogen) atoms. The first kappa shape index (κ1) is 82.5. The van der Waals surface area contributed by atoms with Crippen LogP contribution in [0.5, 0.6) is 0 Å². The third-order valence-electron chi connectivity index (χ3n) is 18.5. The number of nitrogens with one attached hydrogen (secondary N) is 1. The fourth-order valence-corrected chi connectivity index (χ4v) is 12.6. The first-order valence-electron chi connectivity index (χ1n) is 36.6. The maximum atomic E-state index is 13.4. The molecule has 19 heteroatoms. The molecule has 3 rings (SSSR count). The molecule has 17 unspecified atom stereocenters. The largest absolute Gasteiger partial charge is 0.394 e. The van der Waals surface area contributed by atoms with Crippen molar-refractivity contribution in [3.05, 3.63) is 24.3 Å². The van der Waals surface area contributed by atoms with Gasteiger partial charge in [0.05, 0.1) is 38.6 Å². The lowest BCUT2D eigenvalue weighted by Crippen LogP contribution is -2.66. The molecule has 0 aromatic heterocycles. The van der Waals surface area contributed by atoms with E-state index >= 15 is 0 Å². The lowest BCUT2D eigenvalue weighted by atomic mass is 9.96. The van der Waals surface area contributed by atoms with E-state index < -0.39 is 124 Å². The molecule has 0 spiro atoms. The first-order chi connectivity index (χ1) is 43.8. The summed E-state index contributed by atoms with van der Waals surface area (Å²) >= 11 is 0. The van der Waals surface area contributed by atoms with E-state index in [0.717, 1.165) is 70.6 Å². The van der Waals surface area contributed by atoms with Crippen LogP contribution in [0.15, 0.2) is 24.3 Å². The molecule has 19 nitrogen and oxygen atoms in total. The number of unbranched alkanes of at least 4 members (excludes halogenated alkanes) is 37. The Hall–Kier alpha value is -1.73. The van der Waals surface area contributed by atoms with Gasteiger partial charge in [-0.3, -0.25) is 4.79 Å². The lowest BCUT2D eigenvalue weighted by molar-refractivity contribution is -0.379. The van der Waals surface area contributed by atoms with Crippen LogP contribution in [-0.2, 0) is 33.2 Å². The van der Waals surface area contributed by atoms with E-state index in [1.54, 1.807) is 0 Å². The Morgan fingerprint density at radius 1 is 0.400 bits per heavy atom. The van der Waals surface area contributed by atoms with E-state index in [2.05, 4.69) is 43.5 Å². The predicted molar refractivity (Wildman–Crippen MR) is 351 cm³/mol. The van der Waals surface area contributed by atoms with Crippen molar-refractivity contribution < 1.29 is 89.4 Å². The van der Waals surface area contributed by atoms with Crippen molar-refractivity contribution in [1.82, 2.24) is 5.32 Å². The van der Waals surface area contributed by atoms with Gasteiger partial charge >= 0.3 is 0 Å². The zero-order valence-electron chi connectivity index (χ0n) is 56.1. The van der Waals surface area contributed by atoms with Gasteiger partial charge in [-0.05, 0) is 44.9 Å². The summed E-state index contributed by atoms with van der Waals surface area (Å²) in [4.78, 5) is 13.4. The average Bonchev–Trinajstić information content (AvgIpc) is 1.16. The third-order valence-corrected chi connectivity index (χ3v) is 18.5. The Morgan fingerprint density at radius 3 is 1.14 bits per heavy atom. The summed E-state index contributed by atoms with van der Waals surface area (Å²) in [6.45, 7) is 1.80. The van der Waals surface area contributed by atoms with Gasteiger partial charge in [0.25, 0.3) is 0 Å². The van der Waals surface area contributed by atoms with Crippen LogP contribution in [0, 0.1) is 0 Å². The molecular weight excluding hydrogens is 1150 g/mol. The molecule has 0 radical (unpaired) electrons. The molecule has 0 aromatic rings. The Kier molecular flexibility index (Phi) is 49.0. The molecule has 3 fully saturated rings. The van der Waals surface area contributed by atoms with Crippen LogP contribution >= 0.6 is 0 Å². The number of aliphatic hydroxyl groups excluding tert-OH is 11. The molecule has 530 valence electrons. The average molecular weight is 1290 g/mol. The molecule has 17 atom stereocenters. The van der Waals surface area contributed by atoms with Crippen molar-refractivity contribution in [1.29, 1.82) is 0 Å². The van der Waals surface area contributed by atoms with Gasteiger partial charge in [0.1, 0.15) is 73.2 Å². The van der Waals surface area contributed by atoms with Crippen molar-refractivity contribution in [2.45, 2.75) is 394 Å². The minimum Gasteiger partial charge on any atom is -0.394 e. The summed E-state index contributed by atoms with van der Waals surface area (Å²) in [7, 11) is 0. The molecule has 3 heterocycles. The van der Waals surface area contributed by atoms with Gasteiger partial charge < -0.3 is 89.9 Å². The molecule has 3 saturated heterocycles. The highest BCUT2D eigenvalue weighted by atomic mass is 16.8. The van der Waals surface area contributed by atoms with Crippen molar-refractivity contribution in [3.8, 4) is 0 Å². The lowest BCUT2D eigenvalue weighted by Gasteiger charge is -2.48. The number of rotatable bonds is 57. The highest BCUT2D eigenvalue weighted by molar-refractivity contribution is 5.76. The van der Waals surface area contributed by atoms with E-state index in [1.165, 1.54) is 186 Å². The van der Waals surface area contributed by atoms with Gasteiger partial charge in [0.15, 0.2) is 18.9 Å². The van der Waals surface area contributed by atoms with Crippen LogP contribution in [0.3, 0.4) is 0 Å². The maximum absolute atomic E-state index is 13.4. The van der Waals surface area contributed by atoms with E-state index in [9.17, 15) is 61.0 Å². The Labute approximate surface area is 543 Å². The fourth-order valence-electron chi connectivity index (χ4n) is 12.6. The second kappa shape index (κ2) is 53.4. The normalized spacial score (nSPS) is 28.1. The highest BCUT2D eigenvalue weighted by Crippen LogP contribution is 2.33.